The number of piperidine rings is 1. The van der Waals surface area contributed by atoms with Crippen molar-refractivity contribution in [3.05, 3.63) is 24.3 Å². The molecular formula is C16H17N5O2. The maximum Gasteiger partial charge on any atom is 0.306 e. The average molecular weight is 311 g/mol. The summed E-state index contributed by atoms with van der Waals surface area (Å²) in [7, 11) is 0. The molecule has 23 heavy (non-hydrogen) atoms. The molecule has 1 aliphatic heterocycles. The summed E-state index contributed by atoms with van der Waals surface area (Å²) >= 11 is 0. The van der Waals surface area contributed by atoms with Gasteiger partial charge in [0.2, 0.25) is 0 Å². The van der Waals surface area contributed by atoms with E-state index in [2.05, 4.69) is 24.8 Å². The summed E-state index contributed by atoms with van der Waals surface area (Å²) in [5.41, 5.74) is 1.63. The van der Waals surface area contributed by atoms with Crippen LogP contribution in [0.5, 0.6) is 0 Å². The predicted molar refractivity (Wildman–Crippen MR) is 86.5 cm³/mol. The zero-order valence-electron chi connectivity index (χ0n) is 12.8. The molecular weight excluding hydrogens is 294 g/mol. The molecule has 0 aromatic carbocycles. The molecule has 1 fully saturated rings. The van der Waals surface area contributed by atoms with Gasteiger partial charge in [0.25, 0.3) is 0 Å². The number of nitrogens with zero attached hydrogens (tertiary/aromatic N) is 4. The van der Waals surface area contributed by atoms with Crippen molar-refractivity contribution in [2.24, 2.45) is 5.92 Å². The van der Waals surface area contributed by atoms with Crippen LogP contribution >= 0.6 is 0 Å². The van der Waals surface area contributed by atoms with E-state index in [1.165, 1.54) is 0 Å². The highest BCUT2D eigenvalue weighted by Crippen LogP contribution is 2.32. The number of carboxylic acid groups (broad SMARTS) is 1. The first-order valence-electron chi connectivity index (χ1n) is 7.71. The molecule has 1 aliphatic rings. The first-order valence-corrected chi connectivity index (χ1v) is 7.71. The molecule has 2 N–H and O–H groups in total. The van der Waals surface area contributed by atoms with Crippen LogP contribution in [0.15, 0.2) is 18.5 Å². The Morgan fingerprint density at radius 1 is 1.35 bits per heavy atom. The number of anilines is 1. The Hall–Kier alpha value is -2.70. The molecule has 0 unspecified atom stereocenters. The second-order valence-corrected chi connectivity index (χ2v) is 5.95. The molecule has 0 atom stereocenters. The number of aromatic nitrogens is 4. The van der Waals surface area contributed by atoms with E-state index in [0.29, 0.717) is 31.8 Å². The molecule has 3 aromatic rings. The van der Waals surface area contributed by atoms with Gasteiger partial charge in [-0.3, -0.25) is 4.79 Å². The smallest absolute Gasteiger partial charge is 0.306 e. The number of hydrogen-bond donors (Lipinski definition) is 2. The Labute approximate surface area is 132 Å². The molecule has 0 aliphatic carbocycles. The van der Waals surface area contributed by atoms with Gasteiger partial charge in [-0.2, -0.15) is 0 Å². The number of pyridine rings is 1. The van der Waals surface area contributed by atoms with Crippen molar-refractivity contribution in [1.82, 2.24) is 19.9 Å². The lowest BCUT2D eigenvalue weighted by Crippen LogP contribution is -2.37. The lowest BCUT2D eigenvalue weighted by molar-refractivity contribution is -0.142. The molecule has 7 heteroatoms. The molecule has 0 bridgehead atoms. The second kappa shape index (κ2) is 5.19. The van der Waals surface area contributed by atoms with Crippen LogP contribution in [0.3, 0.4) is 0 Å². The standard InChI is InChI=1S/C16H17N5O2/c1-9-19-12-8-18-14-11(2-5-17-14)13(12)15(20-9)21-6-3-10(4-7-21)16(22)23/h2,5,8,10H,3-4,6-7H2,1H3,(H,17,18)(H,22,23). The maximum atomic E-state index is 11.1. The highest BCUT2D eigenvalue weighted by molar-refractivity contribution is 6.09. The van der Waals surface area contributed by atoms with Crippen LogP contribution in [-0.2, 0) is 4.79 Å². The monoisotopic (exact) mass is 311 g/mol. The van der Waals surface area contributed by atoms with Crippen LogP contribution < -0.4 is 4.90 Å². The fraction of sp³-hybridized carbons (Fsp3) is 0.375. The van der Waals surface area contributed by atoms with Gasteiger partial charge in [-0.05, 0) is 25.8 Å². The number of aromatic amines is 1. The SMILES string of the molecule is Cc1nc(N2CCC(C(=O)O)CC2)c2c(cnc3[nH]ccc32)n1. The number of aryl methyl sites for hydroxylation is 1. The molecule has 0 saturated carbocycles. The van der Waals surface area contributed by atoms with Crippen molar-refractivity contribution < 1.29 is 9.90 Å². The number of carbonyl (C=O) groups is 1. The minimum absolute atomic E-state index is 0.255. The van der Waals surface area contributed by atoms with E-state index in [9.17, 15) is 4.79 Å². The van der Waals surface area contributed by atoms with Crippen molar-refractivity contribution >= 4 is 33.7 Å². The largest absolute Gasteiger partial charge is 0.481 e. The summed E-state index contributed by atoms with van der Waals surface area (Å²) in [6, 6.07) is 1.98. The van der Waals surface area contributed by atoms with Crippen LogP contribution in [0.4, 0.5) is 5.82 Å². The number of nitrogens with one attached hydrogen (secondary N) is 1. The van der Waals surface area contributed by atoms with Crippen LogP contribution in [0, 0.1) is 12.8 Å². The Morgan fingerprint density at radius 2 is 2.13 bits per heavy atom. The normalized spacial score (nSPS) is 16.3. The van der Waals surface area contributed by atoms with E-state index in [4.69, 9.17) is 5.11 Å². The van der Waals surface area contributed by atoms with Gasteiger partial charge in [-0.15, -0.1) is 0 Å². The van der Waals surface area contributed by atoms with Gasteiger partial charge in [-0.1, -0.05) is 0 Å². The third kappa shape index (κ3) is 2.28. The second-order valence-electron chi connectivity index (χ2n) is 5.95. The van der Waals surface area contributed by atoms with Gasteiger partial charge in [0.05, 0.1) is 23.0 Å². The molecule has 3 aromatic heterocycles. The molecule has 7 nitrogen and oxygen atoms in total. The third-order valence-corrected chi connectivity index (χ3v) is 4.48. The molecule has 4 rings (SSSR count). The Balaban J connectivity index is 1.83. The zero-order chi connectivity index (χ0) is 16.0. The van der Waals surface area contributed by atoms with Crippen LogP contribution in [0.2, 0.25) is 0 Å². The van der Waals surface area contributed by atoms with Gasteiger partial charge in [0.1, 0.15) is 17.3 Å². The van der Waals surface area contributed by atoms with Crippen molar-refractivity contribution in [2.45, 2.75) is 19.8 Å². The molecule has 0 radical (unpaired) electrons. The topological polar surface area (TPSA) is 95.0 Å². The summed E-state index contributed by atoms with van der Waals surface area (Å²) in [4.78, 5) is 30.0. The fourth-order valence-corrected chi connectivity index (χ4v) is 3.29. The highest BCUT2D eigenvalue weighted by Gasteiger charge is 2.26. The van der Waals surface area contributed by atoms with E-state index in [0.717, 1.165) is 27.8 Å². The summed E-state index contributed by atoms with van der Waals surface area (Å²) in [6.45, 7) is 3.25. The van der Waals surface area contributed by atoms with Crippen molar-refractivity contribution in [3.8, 4) is 0 Å². The Kier molecular flexibility index (Phi) is 3.14. The number of aliphatic carboxylic acids is 1. The number of carboxylic acids is 1. The van der Waals surface area contributed by atoms with Crippen molar-refractivity contribution in [3.63, 3.8) is 0 Å². The predicted octanol–water partition coefficient (Wildman–Crippen LogP) is 2.12. The van der Waals surface area contributed by atoms with Crippen LogP contribution in [0.1, 0.15) is 18.7 Å². The third-order valence-electron chi connectivity index (χ3n) is 4.48. The quantitative estimate of drug-likeness (QED) is 0.752. The summed E-state index contributed by atoms with van der Waals surface area (Å²) < 4.78 is 0. The summed E-state index contributed by atoms with van der Waals surface area (Å²) in [5.74, 6) is 0.618. The van der Waals surface area contributed by atoms with E-state index < -0.39 is 5.97 Å². The number of rotatable bonds is 2. The average Bonchev–Trinajstić information content (AvgIpc) is 3.02. The number of fused-ring (bicyclic) bond motifs is 3. The van der Waals surface area contributed by atoms with Crippen LogP contribution in [-0.4, -0.2) is 44.1 Å². The van der Waals surface area contributed by atoms with Gasteiger partial charge in [0.15, 0.2) is 0 Å². The first-order chi connectivity index (χ1) is 11.1. The summed E-state index contributed by atoms with van der Waals surface area (Å²) in [6.07, 6.45) is 4.90. The van der Waals surface area contributed by atoms with Gasteiger partial charge >= 0.3 is 5.97 Å². The number of H-pyrrole nitrogens is 1. The fourth-order valence-electron chi connectivity index (χ4n) is 3.29. The minimum Gasteiger partial charge on any atom is -0.481 e. The molecule has 4 heterocycles. The van der Waals surface area contributed by atoms with Crippen molar-refractivity contribution in [1.29, 1.82) is 0 Å². The van der Waals surface area contributed by atoms with Crippen LogP contribution in [0.25, 0.3) is 21.9 Å². The molecule has 1 saturated heterocycles. The van der Waals surface area contributed by atoms with Gasteiger partial charge < -0.3 is 15.0 Å². The van der Waals surface area contributed by atoms with E-state index >= 15 is 0 Å². The minimum atomic E-state index is -0.703. The lowest BCUT2D eigenvalue weighted by atomic mass is 9.97. The van der Waals surface area contributed by atoms with E-state index in [1.54, 1.807) is 6.20 Å². The molecule has 0 amide bonds. The maximum absolute atomic E-state index is 11.1. The zero-order valence-corrected chi connectivity index (χ0v) is 12.8. The van der Waals surface area contributed by atoms with Gasteiger partial charge in [0, 0.05) is 24.7 Å². The Morgan fingerprint density at radius 3 is 2.87 bits per heavy atom. The van der Waals surface area contributed by atoms with Gasteiger partial charge in [-0.25, -0.2) is 15.0 Å². The first kappa shape index (κ1) is 13.9. The lowest BCUT2D eigenvalue weighted by Gasteiger charge is -2.31. The van der Waals surface area contributed by atoms with E-state index in [1.807, 2.05) is 19.2 Å². The Bertz CT molecular complexity index is 896. The van der Waals surface area contributed by atoms with Crippen molar-refractivity contribution in [2.75, 3.05) is 18.0 Å². The summed E-state index contributed by atoms with van der Waals surface area (Å²) in [5, 5.41) is 11.1. The van der Waals surface area contributed by atoms with E-state index in [-0.39, 0.29) is 5.92 Å². The highest BCUT2D eigenvalue weighted by atomic mass is 16.4. The molecule has 0 spiro atoms. The molecule has 118 valence electrons. The number of hydrogen-bond acceptors (Lipinski definition) is 5.